The molecule has 6 heteroatoms. The number of nitrogens with one attached hydrogen (secondary N) is 1. The number of nitrogens with zero attached hydrogens (tertiary/aromatic N) is 1. The van der Waals surface area contributed by atoms with Crippen molar-refractivity contribution in [1.82, 2.24) is 9.62 Å². The van der Waals surface area contributed by atoms with Gasteiger partial charge in [0.2, 0.25) is 10.0 Å². The second-order valence-electron chi connectivity index (χ2n) is 6.14. The summed E-state index contributed by atoms with van der Waals surface area (Å²) < 4.78 is 30.4. The van der Waals surface area contributed by atoms with Gasteiger partial charge >= 0.3 is 0 Å². The molecule has 118 valence electrons. The largest absolute Gasteiger partial charge is 0.375 e. The van der Waals surface area contributed by atoms with E-state index < -0.39 is 10.0 Å². The van der Waals surface area contributed by atoms with E-state index in [1.165, 1.54) is 29.8 Å². The van der Waals surface area contributed by atoms with Gasteiger partial charge in [-0.25, -0.2) is 12.7 Å². The minimum atomic E-state index is -3.05. The predicted octanol–water partition coefficient (Wildman–Crippen LogP) is 1.35. The third kappa shape index (κ3) is 4.16. The number of sulfonamides is 1. The Morgan fingerprint density at radius 1 is 1.40 bits per heavy atom. The Morgan fingerprint density at radius 2 is 2.15 bits per heavy atom. The average Bonchev–Trinajstić information content (AvgIpc) is 2.35. The summed E-state index contributed by atoms with van der Waals surface area (Å²) >= 11 is 0. The smallest absolute Gasteiger partial charge is 0.211 e. The summed E-state index contributed by atoms with van der Waals surface area (Å²) in [7, 11) is -3.05. The first-order valence-corrected chi connectivity index (χ1v) is 9.62. The van der Waals surface area contributed by atoms with E-state index in [1.807, 2.05) is 6.92 Å². The summed E-state index contributed by atoms with van der Waals surface area (Å²) in [5.74, 6) is 0. The molecule has 2 rings (SSSR count). The first kappa shape index (κ1) is 16.2. The average molecular weight is 304 g/mol. The lowest BCUT2D eigenvalue weighted by atomic mass is 9.74. The van der Waals surface area contributed by atoms with E-state index in [1.54, 1.807) is 0 Å². The van der Waals surface area contributed by atoms with Crippen LogP contribution in [0.1, 0.15) is 45.4 Å². The van der Waals surface area contributed by atoms with Crippen LogP contribution in [0.5, 0.6) is 0 Å². The third-order valence-corrected chi connectivity index (χ3v) is 5.98. The van der Waals surface area contributed by atoms with Gasteiger partial charge in [-0.2, -0.15) is 0 Å². The molecule has 0 aromatic heterocycles. The highest BCUT2D eigenvalue weighted by Crippen LogP contribution is 2.42. The Labute approximate surface area is 123 Å². The molecule has 5 nitrogen and oxygen atoms in total. The highest BCUT2D eigenvalue weighted by Gasteiger charge is 2.42. The van der Waals surface area contributed by atoms with E-state index in [0.717, 1.165) is 32.4 Å². The molecule has 2 aliphatic rings. The lowest BCUT2D eigenvalue weighted by molar-refractivity contribution is -0.135. The van der Waals surface area contributed by atoms with E-state index in [2.05, 4.69) is 5.32 Å². The molecule has 1 saturated heterocycles. The monoisotopic (exact) mass is 304 g/mol. The van der Waals surface area contributed by atoms with Crippen LogP contribution in [0.2, 0.25) is 0 Å². The van der Waals surface area contributed by atoms with Crippen LogP contribution in [-0.2, 0) is 14.8 Å². The van der Waals surface area contributed by atoms with Crippen molar-refractivity contribution in [2.24, 2.45) is 0 Å². The zero-order valence-corrected chi connectivity index (χ0v) is 13.5. The van der Waals surface area contributed by atoms with Crippen molar-refractivity contribution >= 4 is 10.0 Å². The lowest BCUT2D eigenvalue weighted by Gasteiger charge is -2.47. The van der Waals surface area contributed by atoms with Crippen molar-refractivity contribution < 1.29 is 13.2 Å². The molecule has 1 N–H and O–H groups in total. The molecule has 1 atom stereocenters. The third-order valence-electron chi connectivity index (χ3n) is 4.60. The summed E-state index contributed by atoms with van der Waals surface area (Å²) in [6.45, 7) is 4.79. The molecule has 0 amide bonds. The van der Waals surface area contributed by atoms with Crippen molar-refractivity contribution in [2.45, 2.75) is 57.1 Å². The first-order valence-electron chi connectivity index (χ1n) is 7.78. The van der Waals surface area contributed by atoms with Crippen LogP contribution in [0, 0.1) is 0 Å². The topological polar surface area (TPSA) is 58.6 Å². The van der Waals surface area contributed by atoms with Crippen molar-refractivity contribution in [3.8, 4) is 0 Å². The molecule has 1 saturated carbocycles. The van der Waals surface area contributed by atoms with Gasteiger partial charge in [-0.1, -0.05) is 6.92 Å². The van der Waals surface area contributed by atoms with Crippen LogP contribution in [0.25, 0.3) is 0 Å². The Balaban J connectivity index is 1.65. The SMILES string of the molecule is CCN(CCCNC1CCOC2(CCC2)C1)S(C)(=O)=O. The minimum Gasteiger partial charge on any atom is -0.375 e. The molecule has 0 aromatic rings. The highest BCUT2D eigenvalue weighted by molar-refractivity contribution is 7.88. The molecule has 1 aliphatic carbocycles. The molecule has 1 spiro atoms. The molecule has 20 heavy (non-hydrogen) atoms. The molecular formula is C14H28N2O3S. The van der Waals surface area contributed by atoms with Crippen LogP contribution in [0.15, 0.2) is 0 Å². The summed E-state index contributed by atoms with van der Waals surface area (Å²) in [5.41, 5.74) is 0.179. The zero-order valence-electron chi connectivity index (χ0n) is 12.7. The van der Waals surface area contributed by atoms with E-state index >= 15 is 0 Å². The van der Waals surface area contributed by atoms with Gasteiger partial charge in [-0.05, 0) is 45.1 Å². The van der Waals surface area contributed by atoms with Gasteiger partial charge in [0.05, 0.1) is 11.9 Å². The van der Waals surface area contributed by atoms with Gasteiger partial charge in [0.1, 0.15) is 0 Å². The standard InChI is InChI=1S/C14H28N2O3S/c1-3-16(20(2,17)18)10-5-9-15-13-6-11-19-14(12-13)7-4-8-14/h13,15H,3-12H2,1-2H3. The van der Waals surface area contributed by atoms with Gasteiger partial charge in [0.25, 0.3) is 0 Å². The number of hydrogen-bond donors (Lipinski definition) is 1. The summed E-state index contributed by atoms with van der Waals surface area (Å²) in [6.07, 6.45) is 8.06. The van der Waals surface area contributed by atoms with E-state index in [9.17, 15) is 8.42 Å². The summed E-state index contributed by atoms with van der Waals surface area (Å²) in [5, 5.41) is 3.57. The fourth-order valence-corrected chi connectivity index (χ4v) is 4.17. The number of hydrogen-bond acceptors (Lipinski definition) is 4. The van der Waals surface area contributed by atoms with Crippen LogP contribution in [-0.4, -0.2) is 56.9 Å². The fraction of sp³-hybridized carbons (Fsp3) is 1.00. The molecular weight excluding hydrogens is 276 g/mol. The molecule has 1 aliphatic heterocycles. The van der Waals surface area contributed by atoms with E-state index in [4.69, 9.17) is 4.74 Å². The zero-order chi connectivity index (χ0) is 14.6. The Kier molecular flexibility index (Phi) is 5.45. The summed E-state index contributed by atoms with van der Waals surface area (Å²) in [6, 6.07) is 0.539. The van der Waals surface area contributed by atoms with Gasteiger partial charge < -0.3 is 10.1 Å². The van der Waals surface area contributed by atoms with Crippen LogP contribution < -0.4 is 5.32 Å². The highest BCUT2D eigenvalue weighted by atomic mass is 32.2. The van der Waals surface area contributed by atoms with Gasteiger partial charge in [0, 0.05) is 25.7 Å². The Bertz CT molecular complexity index is 407. The molecule has 0 radical (unpaired) electrons. The van der Waals surface area contributed by atoms with E-state index in [-0.39, 0.29) is 5.60 Å². The first-order chi connectivity index (χ1) is 9.45. The van der Waals surface area contributed by atoms with E-state index in [0.29, 0.717) is 19.1 Å². The van der Waals surface area contributed by atoms with Crippen molar-refractivity contribution in [1.29, 1.82) is 0 Å². The lowest BCUT2D eigenvalue weighted by Crippen LogP contribution is -2.51. The Hall–Kier alpha value is -0.170. The van der Waals surface area contributed by atoms with Crippen molar-refractivity contribution in [3.05, 3.63) is 0 Å². The predicted molar refractivity (Wildman–Crippen MR) is 80.3 cm³/mol. The van der Waals surface area contributed by atoms with Crippen molar-refractivity contribution in [2.75, 3.05) is 32.5 Å². The normalized spacial score (nSPS) is 25.9. The molecule has 1 heterocycles. The van der Waals surface area contributed by atoms with Crippen LogP contribution >= 0.6 is 0 Å². The van der Waals surface area contributed by atoms with Crippen LogP contribution in [0.3, 0.4) is 0 Å². The quantitative estimate of drug-likeness (QED) is 0.721. The minimum absolute atomic E-state index is 0.179. The van der Waals surface area contributed by atoms with Gasteiger partial charge in [-0.15, -0.1) is 0 Å². The van der Waals surface area contributed by atoms with Crippen LogP contribution in [0.4, 0.5) is 0 Å². The second-order valence-corrected chi connectivity index (χ2v) is 8.12. The summed E-state index contributed by atoms with van der Waals surface area (Å²) in [4.78, 5) is 0. The maximum Gasteiger partial charge on any atom is 0.211 e. The number of rotatable bonds is 7. The van der Waals surface area contributed by atoms with Gasteiger partial charge in [0.15, 0.2) is 0 Å². The second kappa shape index (κ2) is 6.73. The molecule has 1 unspecified atom stereocenters. The van der Waals surface area contributed by atoms with Gasteiger partial charge in [-0.3, -0.25) is 0 Å². The number of ether oxygens (including phenoxy) is 1. The molecule has 2 fully saturated rings. The molecule has 0 aromatic carbocycles. The maximum absolute atomic E-state index is 11.5. The maximum atomic E-state index is 11.5. The fourth-order valence-electron chi connectivity index (χ4n) is 3.24. The van der Waals surface area contributed by atoms with Crippen molar-refractivity contribution in [3.63, 3.8) is 0 Å². The Morgan fingerprint density at radius 3 is 2.70 bits per heavy atom. The molecule has 0 bridgehead atoms.